The van der Waals surface area contributed by atoms with Crippen molar-refractivity contribution in [3.63, 3.8) is 0 Å². The first-order chi connectivity index (χ1) is 12.3. The molecule has 0 spiro atoms. The van der Waals surface area contributed by atoms with Crippen molar-refractivity contribution >= 4 is 28.3 Å². The Bertz CT molecular complexity index is 753. The summed E-state index contributed by atoms with van der Waals surface area (Å²) in [6.07, 6.45) is 0. The third-order valence-electron chi connectivity index (χ3n) is 4.04. The van der Waals surface area contributed by atoms with Crippen molar-refractivity contribution in [1.29, 1.82) is 0 Å². The Balaban J connectivity index is 0.00000364. The molecule has 1 atom stereocenters. The van der Waals surface area contributed by atoms with Crippen LogP contribution >= 0.6 is 12.4 Å². The number of hydrogen-bond acceptors (Lipinski definition) is 7. The SMILES string of the molecule is COc1cc(S(=O)(=O)N2CCOCC2)cc(C(=O)N[C@@H](C)CN)c1OC.Cl. The van der Waals surface area contributed by atoms with Gasteiger partial charge in [-0.2, -0.15) is 4.31 Å². The second-order valence-corrected chi connectivity index (χ2v) is 7.77. The average Bonchev–Trinajstić information content (AvgIpc) is 2.67. The highest BCUT2D eigenvalue weighted by molar-refractivity contribution is 7.89. The summed E-state index contributed by atoms with van der Waals surface area (Å²) in [6.45, 7) is 3.15. The summed E-state index contributed by atoms with van der Waals surface area (Å²) in [5.74, 6) is -0.167. The van der Waals surface area contributed by atoms with Crippen molar-refractivity contribution in [2.24, 2.45) is 5.73 Å². The molecule has 1 aliphatic rings. The van der Waals surface area contributed by atoms with Crippen LogP contribution in [0.5, 0.6) is 11.5 Å². The van der Waals surface area contributed by atoms with Gasteiger partial charge < -0.3 is 25.3 Å². The number of nitrogens with one attached hydrogen (secondary N) is 1. The van der Waals surface area contributed by atoms with E-state index in [2.05, 4.69) is 5.32 Å². The first-order valence-corrected chi connectivity index (χ1v) is 9.64. The normalized spacial score (nSPS) is 16.1. The predicted octanol–water partition coefficient (Wildman–Crippen LogP) is 0.224. The number of carbonyl (C=O) groups excluding carboxylic acids is 1. The monoisotopic (exact) mass is 423 g/mol. The van der Waals surface area contributed by atoms with E-state index >= 15 is 0 Å². The molecule has 0 saturated carbocycles. The number of ether oxygens (including phenoxy) is 3. The zero-order chi connectivity index (χ0) is 19.3. The van der Waals surface area contributed by atoms with Gasteiger partial charge in [-0.25, -0.2) is 8.42 Å². The zero-order valence-corrected chi connectivity index (χ0v) is 17.2. The largest absolute Gasteiger partial charge is 0.493 e. The summed E-state index contributed by atoms with van der Waals surface area (Å²) >= 11 is 0. The van der Waals surface area contributed by atoms with Crippen molar-refractivity contribution in [3.8, 4) is 11.5 Å². The highest BCUT2D eigenvalue weighted by atomic mass is 35.5. The van der Waals surface area contributed by atoms with Crippen molar-refractivity contribution in [2.45, 2.75) is 17.9 Å². The molecule has 0 bridgehead atoms. The van der Waals surface area contributed by atoms with Gasteiger partial charge in [-0.1, -0.05) is 0 Å². The highest BCUT2D eigenvalue weighted by Gasteiger charge is 2.30. The molecule has 27 heavy (non-hydrogen) atoms. The molecule has 2 rings (SSSR count). The zero-order valence-electron chi connectivity index (χ0n) is 15.6. The Kier molecular flexibility index (Phi) is 8.76. The molecule has 1 aliphatic heterocycles. The van der Waals surface area contributed by atoms with Gasteiger partial charge in [0.15, 0.2) is 11.5 Å². The molecular weight excluding hydrogens is 398 g/mol. The maximum absolute atomic E-state index is 12.9. The van der Waals surface area contributed by atoms with Crippen LogP contribution in [-0.2, 0) is 14.8 Å². The third kappa shape index (κ3) is 5.23. The number of morpholine rings is 1. The number of nitrogens with zero attached hydrogens (tertiary/aromatic N) is 1. The Morgan fingerprint density at radius 1 is 1.30 bits per heavy atom. The molecule has 1 aromatic carbocycles. The fourth-order valence-corrected chi connectivity index (χ4v) is 4.00. The topological polar surface area (TPSA) is 120 Å². The minimum Gasteiger partial charge on any atom is -0.493 e. The molecule has 0 aromatic heterocycles. The van der Waals surface area contributed by atoms with Crippen molar-refractivity contribution in [3.05, 3.63) is 17.7 Å². The predicted molar refractivity (Wildman–Crippen MR) is 102 cm³/mol. The van der Waals surface area contributed by atoms with E-state index in [0.29, 0.717) is 13.2 Å². The minimum atomic E-state index is -3.80. The van der Waals surface area contributed by atoms with Crippen LogP contribution in [0.25, 0.3) is 0 Å². The molecule has 9 nitrogen and oxygen atoms in total. The quantitative estimate of drug-likeness (QED) is 0.643. The van der Waals surface area contributed by atoms with Crippen LogP contribution in [0.15, 0.2) is 17.0 Å². The van der Waals surface area contributed by atoms with Gasteiger partial charge in [-0.15, -0.1) is 12.4 Å². The summed E-state index contributed by atoms with van der Waals surface area (Å²) in [6, 6.07) is 2.37. The van der Waals surface area contributed by atoms with Crippen LogP contribution in [0, 0.1) is 0 Å². The van der Waals surface area contributed by atoms with Gasteiger partial charge in [0.05, 0.1) is 37.9 Å². The van der Waals surface area contributed by atoms with Crippen LogP contribution in [-0.4, -0.2) is 71.7 Å². The minimum absolute atomic E-state index is 0. The Hall–Kier alpha value is -1.59. The summed E-state index contributed by atoms with van der Waals surface area (Å²) in [7, 11) is -1.03. The number of benzene rings is 1. The van der Waals surface area contributed by atoms with E-state index in [0.717, 1.165) is 0 Å². The molecule has 0 unspecified atom stereocenters. The molecule has 0 radical (unpaired) electrons. The maximum Gasteiger partial charge on any atom is 0.255 e. The number of sulfonamides is 1. The Morgan fingerprint density at radius 3 is 2.44 bits per heavy atom. The van der Waals surface area contributed by atoms with Crippen LogP contribution in [0.2, 0.25) is 0 Å². The lowest BCUT2D eigenvalue weighted by Crippen LogP contribution is -2.41. The molecule has 1 fully saturated rings. The van der Waals surface area contributed by atoms with E-state index in [1.54, 1.807) is 6.92 Å². The van der Waals surface area contributed by atoms with E-state index in [-0.39, 0.29) is 60.0 Å². The van der Waals surface area contributed by atoms with Crippen molar-refractivity contribution < 1.29 is 27.4 Å². The molecule has 1 heterocycles. The van der Waals surface area contributed by atoms with Crippen LogP contribution in [0.1, 0.15) is 17.3 Å². The van der Waals surface area contributed by atoms with Crippen LogP contribution < -0.4 is 20.5 Å². The summed E-state index contributed by atoms with van der Waals surface area (Å²) in [4.78, 5) is 12.5. The first kappa shape index (κ1) is 23.4. The highest BCUT2D eigenvalue weighted by Crippen LogP contribution is 2.35. The van der Waals surface area contributed by atoms with Gasteiger partial charge in [0.25, 0.3) is 5.91 Å². The fourth-order valence-electron chi connectivity index (χ4n) is 2.55. The van der Waals surface area contributed by atoms with Crippen molar-refractivity contribution in [2.75, 3.05) is 47.1 Å². The van der Waals surface area contributed by atoms with Gasteiger partial charge in [0.2, 0.25) is 10.0 Å². The molecule has 0 aliphatic carbocycles. The van der Waals surface area contributed by atoms with Gasteiger partial charge in [0.1, 0.15) is 0 Å². The van der Waals surface area contributed by atoms with E-state index in [1.807, 2.05) is 0 Å². The molecule has 154 valence electrons. The van der Waals surface area contributed by atoms with E-state index in [1.165, 1.54) is 30.7 Å². The van der Waals surface area contributed by atoms with Gasteiger partial charge in [-0.3, -0.25) is 4.79 Å². The summed E-state index contributed by atoms with van der Waals surface area (Å²) in [5, 5.41) is 2.70. The standard InChI is InChI=1S/C16H25N3O6S.ClH/c1-11(10-17)18-16(20)13-8-12(9-14(23-2)15(13)24-3)26(21,22)19-4-6-25-7-5-19;/h8-9,11H,4-7,10,17H2,1-3H3,(H,18,20);1H/t11-;/m0./s1. The molecule has 3 N–H and O–H groups in total. The third-order valence-corrected chi connectivity index (χ3v) is 5.91. The second-order valence-electron chi connectivity index (χ2n) is 5.83. The number of carbonyl (C=O) groups is 1. The molecule has 1 aromatic rings. The number of rotatable bonds is 7. The first-order valence-electron chi connectivity index (χ1n) is 8.20. The van der Waals surface area contributed by atoms with Gasteiger partial charge in [-0.05, 0) is 13.0 Å². The lowest BCUT2D eigenvalue weighted by Gasteiger charge is -2.26. The number of amides is 1. The number of hydrogen-bond donors (Lipinski definition) is 2. The summed E-state index contributed by atoms with van der Waals surface area (Å²) < 4.78 is 42.9. The number of nitrogens with two attached hydrogens (primary N) is 1. The van der Waals surface area contributed by atoms with Crippen LogP contribution in [0.4, 0.5) is 0 Å². The van der Waals surface area contributed by atoms with Crippen LogP contribution in [0.3, 0.4) is 0 Å². The number of halogens is 1. The Morgan fingerprint density at radius 2 is 1.93 bits per heavy atom. The lowest BCUT2D eigenvalue weighted by molar-refractivity contribution is 0.0730. The fraction of sp³-hybridized carbons (Fsp3) is 0.562. The Labute approximate surface area is 165 Å². The molecule has 1 saturated heterocycles. The second kappa shape index (κ2) is 10.1. The van der Waals surface area contributed by atoms with Crippen molar-refractivity contribution in [1.82, 2.24) is 9.62 Å². The van der Waals surface area contributed by atoms with E-state index < -0.39 is 15.9 Å². The molecular formula is C16H26ClN3O6S. The summed E-state index contributed by atoms with van der Waals surface area (Å²) in [5.41, 5.74) is 5.61. The lowest BCUT2D eigenvalue weighted by atomic mass is 10.1. The smallest absolute Gasteiger partial charge is 0.255 e. The molecule has 1 amide bonds. The molecule has 11 heteroatoms. The van der Waals surface area contributed by atoms with E-state index in [4.69, 9.17) is 19.9 Å². The van der Waals surface area contributed by atoms with Gasteiger partial charge in [0, 0.05) is 31.7 Å². The maximum atomic E-state index is 12.9. The number of methoxy groups -OCH3 is 2. The van der Waals surface area contributed by atoms with E-state index in [9.17, 15) is 13.2 Å². The average molecular weight is 424 g/mol. The van der Waals surface area contributed by atoms with Gasteiger partial charge >= 0.3 is 0 Å².